The molecule has 120 valence electrons. The van der Waals surface area contributed by atoms with E-state index in [0.29, 0.717) is 5.59 Å². The zero-order valence-corrected chi connectivity index (χ0v) is 14.2. The molecule has 1 aromatic carbocycles. The van der Waals surface area contributed by atoms with Gasteiger partial charge in [0.05, 0.1) is 35.8 Å². The number of rotatable bonds is 3. The number of aromatic nitrogens is 2. The Bertz CT molecular complexity index is 685. The molecule has 0 unspecified atom stereocenters. The second-order valence-corrected chi connectivity index (χ2v) is 6.65. The van der Waals surface area contributed by atoms with Gasteiger partial charge in [-0.25, -0.2) is 0 Å². The lowest BCUT2D eigenvalue weighted by Crippen LogP contribution is -2.41. The molecule has 0 atom stereocenters. The molecular weight excluding hydrogens is 291 g/mol. The van der Waals surface area contributed by atoms with Gasteiger partial charge in [0.2, 0.25) is 0 Å². The van der Waals surface area contributed by atoms with Crippen LogP contribution in [0.15, 0.2) is 36.7 Å². The van der Waals surface area contributed by atoms with Crippen molar-refractivity contribution in [3.63, 3.8) is 0 Å². The maximum Gasteiger partial charge on any atom is 0.516 e. The van der Waals surface area contributed by atoms with Crippen LogP contribution in [0.2, 0.25) is 0 Å². The van der Waals surface area contributed by atoms with Crippen molar-refractivity contribution in [1.82, 2.24) is 9.97 Å². The van der Waals surface area contributed by atoms with E-state index in [9.17, 15) is 0 Å². The van der Waals surface area contributed by atoms with Gasteiger partial charge in [-0.05, 0) is 52.0 Å². The monoisotopic (exact) mass is 312 g/mol. The van der Waals surface area contributed by atoms with Gasteiger partial charge in [0.25, 0.3) is 0 Å². The summed E-state index contributed by atoms with van der Waals surface area (Å²) in [5.41, 5.74) is 1.64. The Morgan fingerprint density at radius 1 is 0.957 bits per heavy atom. The van der Waals surface area contributed by atoms with Crippen LogP contribution in [0.1, 0.15) is 27.7 Å². The minimum Gasteiger partial charge on any atom is -0.497 e. The molecule has 0 amide bonds. The molecule has 0 bridgehead atoms. The lowest BCUT2D eigenvalue weighted by atomic mass is 9.85. The molecule has 1 saturated heterocycles. The number of benzene rings is 1. The van der Waals surface area contributed by atoms with E-state index in [-0.39, 0.29) is 0 Å². The first-order valence-corrected chi connectivity index (χ1v) is 7.64. The van der Waals surface area contributed by atoms with E-state index in [0.717, 1.165) is 17.0 Å². The maximum atomic E-state index is 6.03. The molecule has 0 spiro atoms. The summed E-state index contributed by atoms with van der Waals surface area (Å²) < 4.78 is 17.2. The van der Waals surface area contributed by atoms with E-state index in [4.69, 9.17) is 14.0 Å². The summed E-state index contributed by atoms with van der Waals surface area (Å²) in [6.07, 6.45) is 3.42. The normalized spacial score (nSPS) is 18.9. The van der Waals surface area contributed by atoms with Crippen LogP contribution in [-0.2, 0) is 9.31 Å². The van der Waals surface area contributed by atoms with Gasteiger partial charge in [0.1, 0.15) is 5.75 Å². The van der Waals surface area contributed by atoms with Gasteiger partial charge < -0.3 is 14.0 Å². The topological polar surface area (TPSA) is 53.5 Å². The first kappa shape index (κ1) is 16.0. The third kappa shape index (κ3) is 2.96. The molecule has 0 N–H and O–H groups in total. The van der Waals surface area contributed by atoms with E-state index in [1.165, 1.54) is 0 Å². The largest absolute Gasteiger partial charge is 0.516 e. The lowest BCUT2D eigenvalue weighted by molar-refractivity contribution is 0.00578. The molecule has 0 aliphatic carbocycles. The molecule has 2 heterocycles. The molecule has 0 radical (unpaired) electrons. The van der Waals surface area contributed by atoms with Crippen molar-refractivity contribution < 1.29 is 14.0 Å². The van der Waals surface area contributed by atoms with E-state index in [1.54, 1.807) is 19.5 Å². The van der Waals surface area contributed by atoms with Gasteiger partial charge in [-0.2, -0.15) is 0 Å². The van der Waals surface area contributed by atoms with Crippen molar-refractivity contribution in [2.75, 3.05) is 7.11 Å². The van der Waals surface area contributed by atoms with Crippen LogP contribution < -0.4 is 10.3 Å². The summed E-state index contributed by atoms with van der Waals surface area (Å²) in [5.74, 6) is 0.809. The van der Waals surface area contributed by atoms with Gasteiger partial charge in [-0.15, -0.1) is 0 Å². The van der Waals surface area contributed by atoms with Crippen LogP contribution in [0, 0.1) is 0 Å². The summed E-state index contributed by atoms with van der Waals surface area (Å²) in [6.45, 7) is 8.09. The minimum absolute atomic E-state index is 0.393. The molecule has 6 heteroatoms. The van der Waals surface area contributed by atoms with Crippen molar-refractivity contribution in [2.45, 2.75) is 38.9 Å². The third-order valence-corrected chi connectivity index (χ3v) is 4.53. The third-order valence-electron chi connectivity index (χ3n) is 4.53. The molecule has 23 heavy (non-hydrogen) atoms. The molecule has 1 aromatic heterocycles. The zero-order valence-electron chi connectivity index (χ0n) is 14.2. The van der Waals surface area contributed by atoms with E-state index in [2.05, 4.69) is 9.97 Å². The predicted octanol–water partition coefficient (Wildman–Crippen LogP) is 2.45. The van der Waals surface area contributed by atoms with Gasteiger partial charge in [-0.3, -0.25) is 9.97 Å². The van der Waals surface area contributed by atoms with Crippen molar-refractivity contribution in [1.29, 1.82) is 0 Å². The quantitative estimate of drug-likeness (QED) is 0.815. The van der Waals surface area contributed by atoms with Crippen LogP contribution in [0.4, 0.5) is 0 Å². The van der Waals surface area contributed by atoms with Gasteiger partial charge in [0.15, 0.2) is 0 Å². The highest BCUT2D eigenvalue weighted by atomic mass is 16.7. The maximum absolute atomic E-state index is 6.03. The fraction of sp³-hybridized carbons (Fsp3) is 0.412. The Balaban J connectivity index is 1.88. The highest BCUT2D eigenvalue weighted by molar-refractivity contribution is 6.61. The predicted molar refractivity (Wildman–Crippen MR) is 89.7 cm³/mol. The first-order valence-electron chi connectivity index (χ1n) is 7.64. The fourth-order valence-corrected chi connectivity index (χ4v) is 2.36. The number of nitrogens with zero attached hydrogens (tertiary/aromatic N) is 2. The smallest absolute Gasteiger partial charge is 0.497 e. The highest BCUT2D eigenvalue weighted by Gasteiger charge is 2.52. The summed E-state index contributed by atoms with van der Waals surface area (Å²) in [6, 6.07) is 7.71. The SMILES string of the molecule is COc1ccc(-c2cncc(B3OC(C)(C)C(C)(C)O3)n2)cc1. The molecule has 1 aliphatic rings. The molecule has 3 rings (SSSR count). The number of hydrogen-bond donors (Lipinski definition) is 0. The summed E-state index contributed by atoms with van der Waals surface area (Å²) >= 11 is 0. The molecule has 1 fully saturated rings. The van der Waals surface area contributed by atoms with E-state index >= 15 is 0 Å². The molecule has 2 aromatic rings. The Morgan fingerprint density at radius 2 is 1.57 bits per heavy atom. The summed E-state index contributed by atoms with van der Waals surface area (Å²) in [7, 11) is 1.14. The Labute approximate surface area is 137 Å². The average Bonchev–Trinajstić information content (AvgIpc) is 2.76. The second-order valence-electron chi connectivity index (χ2n) is 6.65. The molecule has 1 aliphatic heterocycles. The Kier molecular flexibility index (Phi) is 3.90. The molecular formula is C17H21BN2O3. The first-order chi connectivity index (χ1) is 10.8. The van der Waals surface area contributed by atoms with Crippen LogP contribution in [0.3, 0.4) is 0 Å². The van der Waals surface area contributed by atoms with E-state index < -0.39 is 18.3 Å². The summed E-state index contributed by atoms with van der Waals surface area (Å²) in [4.78, 5) is 8.95. The highest BCUT2D eigenvalue weighted by Crippen LogP contribution is 2.36. The van der Waals surface area contributed by atoms with E-state index in [1.807, 2.05) is 52.0 Å². The Hall–Kier alpha value is -1.92. The minimum atomic E-state index is -0.509. The standard InChI is InChI=1S/C17H21BN2O3/c1-16(2)17(3,4)23-18(22-16)15-11-19-10-14(20-15)12-6-8-13(21-5)9-7-12/h6-11H,1-5H3. The van der Waals surface area contributed by atoms with Gasteiger partial charge in [-0.1, -0.05) is 0 Å². The fourth-order valence-electron chi connectivity index (χ4n) is 2.36. The molecule has 0 saturated carbocycles. The number of ether oxygens (including phenoxy) is 1. The van der Waals surface area contributed by atoms with Crippen LogP contribution in [-0.4, -0.2) is 35.4 Å². The number of methoxy groups -OCH3 is 1. The van der Waals surface area contributed by atoms with Gasteiger partial charge in [0, 0.05) is 11.8 Å². The van der Waals surface area contributed by atoms with Crippen LogP contribution in [0.5, 0.6) is 5.75 Å². The van der Waals surface area contributed by atoms with Crippen molar-refractivity contribution >= 4 is 12.7 Å². The lowest BCUT2D eigenvalue weighted by Gasteiger charge is -2.32. The Morgan fingerprint density at radius 3 is 2.13 bits per heavy atom. The van der Waals surface area contributed by atoms with Crippen LogP contribution in [0.25, 0.3) is 11.3 Å². The van der Waals surface area contributed by atoms with Crippen molar-refractivity contribution in [2.24, 2.45) is 0 Å². The van der Waals surface area contributed by atoms with Crippen molar-refractivity contribution in [3.8, 4) is 17.0 Å². The zero-order chi connectivity index (χ0) is 16.7. The van der Waals surface area contributed by atoms with Crippen molar-refractivity contribution in [3.05, 3.63) is 36.7 Å². The number of hydrogen-bond acceptors (Lipinski definition) is 5. The van der Waals surface area contributed by atoms with Gasteiger partial charge >= 0.3 is 7.12 Å². The molecule has 5 nitrogen and oxygen atoms in total. The second kappa shape index (κ2) is 5.62. The summed E-state index contributed by atoms with van der Waals surface area (Å²) in [5, 5.41) is 0. The van der Waals surface area contributed by atoms with Crippen LogP contribution >= 0.6 is 0 Å². The average molecular weight is 312 g/mol.